The molecule has 4 heterocycles. The third-order valence-corrected chi connectivity index (χ3v) is 9.67. The van der Waals surface area contributed by atoms with E-state index in [2.05, 4.69) is 17.5 Å². The zero-order valence-electron chi connectivity index (χ0n) is 24.1. The summed E-state index contributed by atoms with van der Waals surface area (Å²) in [6.45, 7) is 5.16. The highest BCUT2D eigenvalue weighted by Crippen LogP contribution is 2.45. The van der Waals surface area contributed by atoms with Gasteiger partial charge in [-0.15, -0.1) is 0 Å². The number of fused-ring (bicyclic) bond motifs is 3. The summed E-state index contributed by atoms with van der Waals surface area (Å²) in [7, 11) is 1.85. The molecular weight excluding hydrogens is 584 g/mol. The lowest BCUT2D eigenvalue weighted by Crippen LogP contribution is -2.63. The Morgan fingerprint density at radius 1 is 1.20 bits per heavy atom. The molecule has 1 amide bonds. The molecule has 3 saturated heterocycles. The second-order valence-electron chi connectivity index (χ2n) is 11.8. The zero-order valence-corrected chi connectivity index (χ0v) is 24.9. The Bertz CT molecular complexity index is 1870. The van der Waals surface area contributed by atoms with Crippen LogP contribution in [0.5, 0.6) is 5.88 Å². The molecule has 7 nitrogen and oxygen atoms in total. The number of halogens is 3. The Kier molecular flexibility index (Phi) is 7.14. The SMILES string of the molecule is C=CC(=O)N1CC[C@@H]2[C@H]1CN2c1c(C#N)c(OC[C@@H]2C[C@@H](F)CN2C)nc2cc(-c3cccc4cccc(Cl)c34)c(F)cc12. The second-order valence-corrected chi connectivity index (χ2v) is 12.2. The van der Waals surface area contributed by atoms with Gasteiger partial charge < -0.3 is 14.5 Å². The van der Waals surface area contributed by atoms with Gasteiger partial charge in [-0.25, -0.2) is 13.8 Å². The molecule has 0 N–H and O–H groups in total. The number of alkyl halides is 1. The molecule has 10 heteroatoms. The summed E-state index contributed by atoms with van der Waals surface area (Å²) >= 11 is 6.60. The lowest BCUT2D eigenvalue weighted by molar-refractivity contribution is -0.127. The molecule has 0 unspecified atom stereocenters. The monoisotopic (exact) mass is 613 g/mol. The van der Waals surface area contributed by atoms with Crippen LogP contribution in [0.1, 0.15) is 18.4 Å². The fourth-order valence-corrected chi connectivity index (χ4v) is 7.41. The Morgan fingerprint density at radius 2 is 2.00 bits per heavy atom. The van der Waals surface area contributed by atoms with E-state index >= 15 is 4.39 Å². The molecule has 0 aliphatic carbocycles. The number of rotatable bonds is 6. The minimum absolute atomic E-state index is 0.0322. The molecule has 0 bridgehead atoms. The third-order valence-electron chi connectivity index (χ3n) is 9.36. The third kappa shape index (κ3) is 4.56. The highest BCUT2D eigenvalue weighted by atomic mass is 35.5. The van der Waals surface area contributed by atoms with Crippen molar-refractivity contribution >= 4 is 44.9 Å². The number of likely N-dealkylation sites (N-methyl/N-ethyl adjacent to an activating group) is 1. The van der Waals surface area contributed by atoms with Crippen molar-refractivity contribution in [2.45, 2.75) is 37.1 Å². The topological polar surface area (TPSA) is 72.7 Å². The molecular formula is C34H30ClF2N5O2. The normalized spacial score (nSPS) is 23.1. The summed E-state index contributed by atoms with van der Waals surface area (Å²) in [5, 5.41) is 13.0. The van der Waals surface area contributed by atoms with Gasteiger partial charge in [0.1, 0.15) is 30.2 Å². The van der Waals surface area contributed by atoms with Gasteiger partial charge in [-0.1, -0.05) is 48.5 Å². The molecule has 3 aromatic carbocycles. The number of anilines is 1. The number of carbonyl (C=O) groups is 1. The molecule has 224 valence electrons. The van der Waals surface area contributed by atoms with Crippen molar-refractivity contribution in [1.29, 1.82) is 5.26 Å². The number of carbonyl (C=O) groups excluding carboxylic acids is 1. The molecule has 0 radical (unpaired) electrons. The minimum Gasteiger partial charge on any atom is -0.475 e. The number of aromatic nitrogens is 1. The maximum absolute atomic E-state index is 16.2. The number of nitrogens with zero attached hydrogens (tertiary/aromatic N) is 5. The van der Waals surface area contributed by atoms with E-state index in [1.165, 1.54) is 12.1 Å². The first-order valence-electron chi connectivity index (χ1n) is 14.7. The summed E-state index contributed by atoms with van der Waals surface area (Å²) in [4.78, 5) is 23.0. The first kappa shape index (κ1) is 28.5. The molecule has 3 aliphatic heterocycles. The molecule has 0 spiro atoms. The number of amides is 1. The molecule has 0 saturated carbocycles. The average molecular weight is 614 g/mol. The van der Waals surface area contributed by atoms with Crippen LogP contribution in [0.15, 0.2) is 61.2 Å². The standard InChI is InChI=1S/C34H30ClF2N5O2/c1-3-31(43)41-11-10-29-30(41)17-42(29)33-24-13-27(37)23(22-8-4-6-19-7-5-9-26(35)32(19)22)14-28(24)39-34(25(33)15-38)44-18-21-12-20(36)16-40(21)2/h3-9,13-14,20-21,29-30H,1,10-12,16-18H2,2H3/t20-,21+,29-,30-/m1/s1. The summed E-state index contributed by atoms with van der Waals surface area (Å²) in [6, 6.07) is 16.3. The molecule has 4 atom stereocenters. The van der Waals surface area contributed by atoms with Crippen molar-refractivity contribution in [2.75, 3.05) is 38.2 Å². The predicted octanol–water partition coefficient (Wildman–Crippen LogP) is 6.12. The highest BCUT2D eigenvalue weighted by molar-refractivity contribution is 6.36. The quantitative estimate of drug-likeness (QED) is 0.244. The number of pyridine rings is 1. The average Bonchev–Trinajstić information content (AvgIpc) is 3.51. The van der Waals surface area contributed by atoms with E-state index in [4.69, 9.17) is 21.3 Å². The van der Waals surface area contributed by atoms with Crippen LogP contribution in [0.25, 0.3) is 32.8 Å². The highest BCUT2D eigenvalue weighted by Gasteiger charge is 2.49. The van der Waals surface area contributed by atoms with E-state index in [9.17, 15) is 14.4 Å². The number of hydrogen-bond acceptors (Lipinski definition) is 6. The summed E-state index contributed by atoms with van der Waals surface area (Å²) in [5.41, 5.74) is 2.14. The van der Waals surface area contributed by atoms with Gasteiger partial charge >= 0.3 is 0 Å². The Morgan fingerprint density at radius 3 is 2.73 bits per heavy atom. The van der Waals surface area contributed by atoms with E-state index in [0.29, 0.717) is 65.2 Å². The van der Waals surface area contributed by atoms with Crippen LogP contribution in [0.2, 0.25) is 5.02 Å². The van der Waals surface area contributed by atoms with E-state index in [0.717, 1.165) is 10.8 Å². The Hall–Kier alpha value is -4.26. The smallest absolute Gasteiger partial charge is 0.246 e. The number of hydrogen-bond donors (Lipinski definition) is 0. The van der Waals surface area contributed by atoms with Crippen molar-refractivity contribution in [3.8, 4) is 23.1 Å². The van der Waals surface area contributed by atoms with E-state index < -0.39 is 12.0 Å². The fraction of sp³-hybridized carbons (Fsp3) is 0.324. The zero-order chi connectivity index (χ0) is 30.7. The van der Waals surface area contributed by atoms with Gasteiger partial charge in [0.15, 0.2) is 0 Å². The number of likely N-dealkylation sites (tertiary alicyclic amines) is 2. The second kappa shape index (κ2) is 11.0. The van der Waals surface area contributed by atoms with Gasteiger partial charge in [-0.3, -0.25) is 9.69 Å². The fourth-order valence-electron chi connectivity index (χ4n) is 7.12. The number of ether oxygens (including phenoxy) is 1. The summed E-state index contributed by atoms with van der Waals surface area (Å²) < 4.78 is 36.5. The predicted molar refractivity (Wildman–Crippen MR) is 167 cm³/mol. The molecule has 44 heavy (non-hydrogen) atoms. The molecule has 4 aromatic rings. The van der Waals surface area contributed by atoms with Crippen LogP contribution in [0.4, 0.5) is 14.5 Å². The first-order valence-corrected chi connectivity index (χ1v) is 15.1. The Labute approximate surface area is 258 Å². The lowest BCUT2D eigenvalue weighted by atomic mass is 9.92. The van der Waals surface area contributed by atoms with Crippen LogP contribution in [-0.2, 0) is 4.79 Å². The molecule has 7 rings (SSSR count). The first-order chi connectivity index (χ1) is 21.3. The van der Waals surface area contributed by atoms with E-state index in [-0.39, 0.29) is 42.1 Å². The van der Waals surface area contributed by atoms with Gasteiger partial charge in [-0.2, -0.15) is 5.26 Å². The van der Waals surface area contributed by atoms with Gasteiger partial charge in [0.25, 0.3) is 0 Å². The Balaban J connectivity index is 1.37. The van der Waals surface area contributed by atoms with E-state index in [1.54, 1.807) is 17.0 Å². The van der Waals surface area contributed by atoms with Crippen LogP contribution in [-0.4, -0.2) is 78.3 Å². The van der Waals surface area contributed by atoms with Crippen LogP contribution in [0, 0.1) is 17.1 Å². The molecule has 3 fully saturated rings. The summed E-state index contributed by atoms with van der Waals surface area (Å²) in [5.74, 6) is -0.476. The molecule has 1 aromatic heterocycles. The van der Waals surface area contributed by atoms with Gasteiger partial charge in [-0.05, 0) is 55.1 Å². The van der Waals surface area contributed by atoms with Crippen molar-refractivity contribution in [3.63, 3.8) is 0 Å². The largest absolute Gasteiger partial charge is 0.475 e. The van der Waals surface area contributed by atoms with E-state index in [1.807, 2.05) is 42.3 Å². The maximum atomic E-state index is 16.2. The van der Waals surface area contributed by atoms with Crippen LogP contribution >= 0.6 is 11.6 Å². The van der Waals surface area contributed by atoms with Crippen molar-refractivity contribution in [2.24, 2.45) is 0 Å². The molecule has 3 aliphatic rings. The van der Waals surface area contributed by atoms with Crippen molar-refractivity contribution < 1.29 is 18.3 Å². The number of nitriles is 1. The minimum atomic E-state index is -0.941. The summed E-state index contributed by atoms with van der Waals surface area (Å²) in [6.07, 6.45) is 1.41. The van der Waals surface area contributed by atoms with Crippen LogP contribution in [0.3, 0.4) is 0 Å². The lowest BCUT2D eigenvalue weighted by Gasteiger charge is -2.48. The number of benzene rings is 3. The van der Waals surface area contributed by atoms with Gasteiger partial charge in [0.2, 0.25) is 11.8 Å². The van der Waals surface area contributed by atoms with Crippen molar-refractivity contribution in [1.82, 2.24) is 14.8 Å². The van der Waals surface area contributed by atoms with Crippen LogP contribution < -0.4 is 9.64 Å². The van der Waals surface area contributed by atoms with Crippen molar-refractivity contribution in [3.05, 3.63) is 77.6 Å². The van der Waals surface area contributed by atoms with Gasteiger partial charge in [0.05, 0.1) is 23.3 Å². The maximum Gasteiger partial charge on any atom is 0.246 e. The van der Waals surface area contributed by atoms with Gasteiger partial charge in [0, 0.05) is 47.0 Å².